The largest absolute Gasteiger partial charge is 0.463 e. The summed E-state index contributed by atoms with van der Waals surface area (Å²) in [6.45, 7) is 4.01. The Balaban J connectivity index is 1.70. The van der Waals surface area contributed by atoms with Gasteiger partial charge in [-0.3, -0.25) is 9.59 Å². The third-order valence-electron chi connectivity index (χ3n) is 6.49. The van der Waals surface area contributed by atoms with E-state index in [2.05, 4.69) is 12.2 Å². The van der Waals surface area contributed by atoms with Crippen molar-refractivity contribution in [3.8, 4) is 17.2 Å². The van der Waals surface area contributed by atoms with Crippen LogP contribution in [0.2, 0.25) is 5.02 Å². The maximum absolute atomic E-state index is 14.1. The number of rotatable bonds is 9. The lowest BCUT2D eigenvalue weighted by atomic mass is 10.0. The molecule has 0 saturated heterocycles. The molecule has 0 spiro atoms. The summed E-state index contributed by atoms with van der Waals surface area (Å²) in [5.41, 5.74) is 2.57. The molecule has 8 heteroatoms. The summed E-state index contributed by atoms with van der Waals surface area (Å²) in [5.74, 6) is 1.26. The zero-order valence-electron chi connectivity index (χ0n) is 22.3. The van der Waals surface area contributed by atoms with Crippen LogP contribution in [-0.4, -0.2) is 17.3 Å². The predicted molar refractivity (Wildman–Crippen MR) is 157 cm³/mol. The zero-order chi connectivity index (χ0) is 28.1. The summed E-state index contributed by atoms with van der Waals surface area (Å²) >= 11 is 6.43. The number of hydrogen-bond donors (Lipinski definition) is 1. The van der Waals surface area contributed by atoms with Gasteiger partial charge in [0.1, 0.15) is 5.76 Å². The second-order valence-corrected chi connectivity index (χ2v) is 9.62. The second kappa shape index (κ2) is 12.1. The number of nitrogens with zero attached hydrogens (tertiary/aromatic N) is 1. The van der Waals surface area contributed by atoms with Gasteiger partial charge < -0.3 is 24.1 Å². The fourth-order valence-electron chi connectivity index (χ4n) is 4.60. The molecular weight excluding hydrogens is 528 g/mol. The summed E-state index contributed by atoms with van der Waals surface area (Å²) in [6.07, 6.45) is 6.94. The number of para-hydroxylation sites is 1. The van der Waals surface area contributed by atoms with Gasteiger partial charge in [0.05, 0.1) is 17.5 Å². The summed E-state index contributed by atoms with van der Waals surface area (Å²) in [5, 5.41) is 3.91. The van der Waals surface area contributed by atoms with Crippen molar-refractivity contribution >= 4 is 34.2 Å². The Morgan fingerprint density at radius 2 is 1.88 bits per heavy atom. The molecule has 1 aliphatic rings. The highest BCUT2D eigenvalue weighted by Gasteiger charge is 2.23. The SMILES string of the molecule is C/C=C\O/C(=C/CCC)c1c(CNC(=O)c2ccc3c(c2)OCO3)c(=O)c2ccc(Cl)cc2n1-c1ccccc1. The molecule has 1 amide bonds. The maximum atomic E-state index is 14.1. The molecule has 0 radical (unpaired) electrons. The molecule has 5 rings (SSSR count). The average Bonchev–Trinajstić information content (AvgIpc) is 3.45. The van der Waals surface area contributed by atoms with Gasteiger partial charge in [-0.25, -0.2) is 0 Å². The van der Waals surface area contributed by atoms with Crippen LogP contribution in [0, 0.1) is 0 Å². The Morgan fingerprint density at radius 1 is 1.07 bits per heavy atom. The Labute approximate surface area is 237 Å². The number of nitrogens with one attached hydrogen (secondary N) is 1. The third-order valence-corrected chi connectivity index (χ3v) is 6.72. The lowest BCUT2D eigenvalue weighted by Gasteiger charge is -2.22. The number of allylic oxidation sites excluding steroid dienone is 2. The summed E-state index contributed by atoms with van der Waals surface area (Å²) < 4.78 is 18.8. The van der Waals surface area contributed by atoms with Crippen LogP contribution in [0.4, 0.5) is 0 Å². The van der Waals surface area contributed by atoms with Crippen LogP contribution in [0.3, 0.4) is 0 Å². The molecule has 0 aliphatic carbocycles. The van der Waals surface area contributed by atoms with E-state index >= 15 is 0 Å². The second-order valence-electron chi connectivity index (χ2n) is 9.18. The molecule has 7 nitrogen and oxygen atoms in total. The number of halogens is 1. The van der Waals surface area contributed by atoms with Crippen molar-refractivity contribution in [2.24, 2.45) is 0 Å². The number of unbranched alkanes of at least 4 members (excludes halogenated alkanes) is 1. The fourth-order valence-corrected chi connectivity index (χ4v) is 4.77. The number of carbonyl (C=O) groups is 1. The molecule has 0 fully saturated rings. The zero-order valence-corrected chi connectivity index (χ0v) is 23.0. The van der Waals surface area contributed by atoms with Gasteiger partial charge >= 0.3 is 0 Å². The average molecular weight is 557 g/mol. The van der Waals surface area contributed by atoms with Gasteiger partial charge in [-0.05, 0) is 68.0 Å². The number of carbonyl (C=O) groups excluding carboxylic acids is 1. The van der Waals surface area contributed by atoms with Crippen LogP contribution < -0.4 is 20.2 Å². The molecule has 1 N–H and O–H groups in total. The van der Waals surface area contributed by atoms with E-state index in [0.717, 1.165) is 18.5 Å². The van der Waals surface area contributed by atoms with E-state index < -0.39 is 0 Å². The van der Waals surface area contributed by atoms with E-state index in [0.29, 0.717) is 50.0 Å². The quantitative estimate of drug-likeness (QED) is 0.225. The van der Waals surface area contributed by atoms with Crippen molar-refractivity contribution in [3.05, 3.63) is 117 Å². The topological polar surface area (TPSA) is 78.8 Å². The summed E-state index contributed by atoms with van der Waals surface area (Å²) in [7, 11) is 0. The van der Waals surface area contributed by atoms with Crippen LogP contribution in [0.25, 0.3) is 22.3 Å². The molecular formula is C32H29ClN2O5. The fraction of sp³-hybridized carbons (Fsp3) is 0.188. The van der Waals surface area contributed by atoms with E-state index in [1.807, 2.05) is 47.9 Å². The number of hydrogen-bond acceptors (Lipinski definition) is 5. The first kappa shape index (κ1) is 27.1. The van der Waals surface area contributed by atoms with Gasteiger partial charge in [-0.2, -0.15) is 0 Å². The molecule has 1 aromatic heterocycles. The van der Waals surface area contributed by atoms with Crippen molar-refractivity contribution in [1.29, 1.82) is 0 Å². The highest BCUT2D eigenvalue weighted by atomic mass is 35.5. The smallest absolute Gasteiger partial charge is 0.251 e. The van der Waals surface area contributed by atoms with Gasteiger partial charge in [0.2, 0.25) is 6.79 Å². The first-order valence-electron chi connectivity index (χ1n) is 13.1. The first-order chi connectivity index (χ1) is 19.5. The Bertz CT molecular complexity index is 1670. The number of aromatic nitrogens is 1. The lowest BCUT2D eigenvalue weighted by molar-refractivity contribution is 0.0950. The van der Waals surface area contributed by atoms with Crippen molar-refractivity contribution in [2.45, 2.75) is 33.2 Å². The minimum absolute atomic E-state index is 0.0322. The van der Waals surface area contributed by atoms with Crippen molar-refractivity contribution in [1.82, 2.24) is 9.88 Å². The Morgan fingerprint density at radius 3 is 2.65 bits per heavy atom. The number of amides is 1. The summed E-state index contributed by atoms with van der Waals surface area (Å²) in [4.78, 5) is 27.3. The number of fused-ring (bicyclic) bond motifs is 2. The minimum atomic E-state index is -0.348. The highest BCUT2D eigenvalue weighted by Crippen LogP contribution is 2.33. The van der Waals surface area contributed by atoms with Gasteiger partial charge in [0.15, 0.2) is 16.9 Å². The van der Waals surface area contributed by atoms with Crippen molar-refractivity contribution in [3.63, 3.8) is 0 Å². The molecule has 0 unspecified atom stereocenters. The van der Waals surface area contributed by atoms with E-state index in [4.69, 9.17) is 25.8 Å². The van der Waals surface area contributed by atoms with E-state index in [9.17, 15) is 9.59 Å². The molecule has 3 aromatic carbocycles. The van der Waals surface area contributed by atoms with Gasteiger partial charge in [0.25, 0.3) is 5.91 Å². The molecule has 1 aliphatic heterocycles. The van der Waals surface area contributed by atoms with Crippen LogP contribution in [0.5, 0.6) is 11.5 Å². The molecule has 0 saturated carbocycles. The van der Waals surface area contributed by atoms with Crippen LogP contribution >= 0.6 is 11.6 Å². The van der Waals surface area contributed by atoms with Gasteiger partial charge in [0, 0.05) is 33.8 Å². The van der Waals surface area contributed by atoms with Gasteiger partial charge in [-0.1, -0.05) is 49.2 Å². The minimum Gasteiger partial charge on any atom is -0.463 e. The normalized spacial score (nSPS) is 12.7. The van der Waals surface area contributed by atoms with Crippen LogP contribution in [0.15, 0.2) is 89.9 Å². The number of pyridine rings is 1. The standard InChI is InChI=1S/C32H29ClN2O5/c1-3-5-11-28(38-16-4-2)30-25(19-34-32(37)21-12-15-27-29(17-21)40-20-39-27)31(36)24-14-13-22(33)18-26(24)35(30)23-9-7-6-8-10-23/h4,6-18H,3,5,19-20H2,1-2H3,(H,34,37)/b16-4-,28-11+. The van der Waals surface area contributed by atoms with Gasteiger partial charge in [-0.15, -0.1) is 0 Å². The Hall–Kier alpha value is -4.49. The summed E-state index contributed by atoms with van der Waals surface area (Å²) in [6, 6.07) is 19.9. The third kappa shape index (κ3) is 5.46. The lowest BCUT2D eigenvalue weighted by Crippen LogP contribution is -2.29. The number of benzene rings is 3. The molecule has 4 aromatic rings. The first-order valence-corrected chi connectivity index (χ1v) is 13.5. The molecule has 204 valence electrons. The van der Waals surface area contributed by atoms with E-state index in [1.54, 1.807) is 48.7 Å². The van der Waals surface area contributed by atoms with E-state index in [1.165, 1.54) is 0 Å². The molecule has 0 bridgehead atoms. The molecule has 40 heavy (non-hydrogen) atoms. The maximum Gasteiger partial charge on any atom is 0.251 e. The predicted octanol–water partition coefficient (Wildman–Crippen LogP) is 6.99. The molecule has 2 heterocycles. The highest BCUT2D eigenvalue weighted by molar-refractivity contribution is 6.31. The van der Waals surface area contributed by atoms with Crippen molar-refractivity contribution in [2.75, 3.05) is 6.79 Å². The van der Waals surface area contributed by atoms with E-state index in [-0.39, 0.29) is 24.7 Å². The van der Waals surface area contributed by atoms with Crippen LogP contribution in [-0.2, 0) is 11.3 Å². The molecule has 0 atom stereocenters. The monoisotopic (exact) mass is 556 g/mol. The van der Waals surface area contributed by atoms with Crippen LogP contribution in [0.1, 0.15) is 48.3 Å². The number of ether oxygens (including phenoxy) is 3. The van der Waals surface area contributed by atoms with Crippen molar-refractivity contribution < 1.29 is 19.0 Å². The Kier molecular flexibility index (Phi) is 8.22.